The summed E-state index contributed by atoms with van der Waals surface area (Å²) < 4.78 is 13.5. The van der Waals surface area contributed by atoms with Crippen LogP contribution in [0.15, 0.2) is 48.5 Å². The van der Waals surface area contributed by atoms with E-state index in [1.54, 1.807) is 0 Å². The van der Waals surface area contributed by atoms with E-state index in [9.17, 15) is 4.89 Å². The molecule has 2 aromatic carbocycles. The van der Waals surface area contributed by atoms with Gasteiger partial charge in [-0.2, -0.15) is 0 Å². The van der Waals surface area contributed by atoms with Crippen LogP contribution in [0.3, 0.4) is 0 Å². The molecular formula is C19H24Cl2O3PRu+. The quantitative estimate of drug-likeness (QED) is 0.395. The minimum absolute atomic E-state index is 0.0523. The number of halogens is 2. The van der Waals surface area contributed by atoms with Gasteiger partial charge in [-0.25, -0.2) is 0 Å². The monoisotopic (exact) mass is 503 g/mol. The van der Waals surface area contributed by atoms with Gasteiger partial charge < -0.3 is 0 Å². The zero-order chi connectivity index (χ0) is 19.2. The van der Waals surface area contributed by atoms with E-state index in [0.717, 1.165) is 22.2 Å². The van der Waals surface area contributed by atoms with Gasteiger partial charge in [0.2, 0.25) is 0 Å². The van der Waals surface area contributed by atoms with E-state index < -0.39 is 21.2 Å². The summed E-state index contributed by atoms with van der Waals surface area (Å²) in [6, 6.07) is 15.4. The van der Waals surface area contributed by atoms with Crippen LogP contribution in [-0.2, 0) is 24.2 Å². The summed E-state index contributed by atoms with van der Waals surface area (Å²) in [7, 11) is 9.42. The Bertz CT molecular complexity index is 752. The zero-order valence-electron chi connectivity index (χ0n) is 15.0. The Labute approximate surface area is 169 Å². The fourth-order valence-corrected chi connectivity index (χ4v) is 6.52. The van der Waals surface area contributed by atoms with Crippen LogP contribution in [0.5, 0.6) is 5.75 Å². The molecule has 0 saturated carbocycles. The number of hydrogen-bond acceptors (Lipinski definition) is 3. The van der Waals surface area contributed by atoms with Gasteiger partial charge in [-0.1, -0.05) is 0 Å². The summed E-state index contributed by atoms with van der Waals surface area (Å²) in [6.07, 6.45) is 0.474. The molecule has 2 rings (SSSR count). The van der Waals surface area contributed by atoms with Gasteiger partial charge in [0.05, 0.1) is 0 Å². The fourth-order valence-electron chi connectivity index (χ4n) is 2.55. The molecule has 7 heteroatoms. The molecule has 0 bridgehead atoms. The number of benzene rings is 2. The van der Waals surface area contributed by atoms with Crippen molar-refractivity contribution in [3.63, 3.8) is 0 Å². The molecule has 0 aliphatic rings. The molecule has 1 N–H and O–H groups in total. The van der Waals surface area contributed by atoms with Crippen LogP contribution in [0.25, 0.3) is 0 Å². The number of hydrogen-bond donors (Lipinski definition) is 1. The molecule has 26 heavy (non-hydrogen) atoms. The molecule has 0 aliphatic carbocycles. The average Bonchev–Trinajstić information content (AvgIpc) is 2.57. The van der Waals surface area contributed by atoms with E-state index >= 15 is 0 Å². The van der Waals surface area contributed by atoms with Crippen molar-refractivity contribution in [3.05, 3.63) is 59.7 Å². The first kappa shape index (κ1) is 22.0. The normalized spacial score (nSPS) is 14.0. The van der Waals surface area contributed by atoms with E-state index in [4.69, 9.17) is 28.6 Å². The van der Waals surface area contributed by atoms with E-state index in [2.05, 4.69) is 0 Å². The molecule has 0 radical (unpaired) electrons. The maximum atomic E-state index is 11.2. The van der Waals surface area contributed by atoms with E-state index in [0.29, 0.717) is 12.8 Å². The molecule has 1 unspecified atom stereocenters. The van der Waals surface area contributed by atoms with E-state index in [-0.39, 0.29) is 6.10 Å². The molecule has 0 fully saturated rings. The summed E-state index contributed by atoms with van der Waals surface area (Å²) in [5.41, 5.74) is 1.83. The van der Waals surface area contributed by atoms with Crippen LogP contribution in [-0.4, -0.2) is 22.2 Å². The predicted octanol–water partition coefficient (Wildman–Crippen LogP) is 5.25. The van der Waals surface area contributed by atoms with E-state index in [1.807, 2.05) is 73.9 Å². The van der Waals surface area contributed by atoms with E-state index in [1.165, 1.54) is 0 Å². The molecule has 0 amide bonds. The Hall–Kier alpha value is -0.337. The molecular weight excluding hydrogens is 479 g/mol. The van der Waals surface area contributed by atoms with Crippen molar-refractivity contribution in [2.75, 3.05) is 6.61 Å². The molecule has 0 aliphatic heterocycles. The van der Waals surface area contributed by atoms with Crippen molar-refractivity contribution in [2.45, 2.75) is 33.0 Å². The average molecular weight is 503 g/mol. The molecule has 0 heterocycles. The van der Waals surface area contributed by atoms with Crippen LogP contribution in [0.2, 0.25) is 0 Å². The molecule has 0 aromatic heterocycles. The summed E-state index contributed by atoms with van der Waals surface area (Å²) in [5.74, 6) is 0.752. The Morgan fingerprint density at radius 2 is 1.85 bits per heavy atom. The number of ether oxygens (including phenoxy) is 1. The maximum absolute atomic E-state index is 11.2. The fraction of sp³-hybridized carbons (Fsp3) is 0.316. The number of rotatable bonds is 8. The molecule has 0 saturated heterocycles. The minimum atomic E-state index is -2.75. The van der Waals surface area contributed by atoms with Gasteiger partial charge in [0.15, 0.2) is 0 Å². The van der Waals surface area contributed by atoms with Crippen molar-refractivity contribution in [1.29, 1.82) is 0 Å². The third-order valence-electron chi connectivity index (χ3n) is 3.52. The third kappa shape index (κ3) is 6.38. The van der Waals surface area contributed by atoms with Crippen LogP contribution in [0.1, 0.15) is 31.9 Å². The third-order valence-corrected chi connectivity index (χ3v) is 7.94. The zero-order valence-corrected chi connectivity index (χ0v) is 19.2. The molecule has 2 aromatic rings. The molecule has 144 valence electrons. The first-order chi connectivity index (χ1) is 12.3. The Morgan fingerprint density at radius 1 is 1.15 bits per heavy atom. The van der Waals surface area contributed by atoms with Crippen LogP contribution in [0, 0.1) is 0 Å². The predicted molar refractivity (Wildman–Crippen MR) is 110 cm³/mol. The van der Waals surface area contributed by atoms with Gasteiger partial charge in [0.1, 0.15) is 0 Å². The van der Waals surface area contributed by atoms with Crippen LogP contribution >= 0.6 is 27.1 Å². The van der Waals surface area contributed by atoms with Gasteiger partial charge in [-0.15, -0.1) is 0 Å². The summed E-state index contributed by atoms with van der Waals surface area (Å²) in [4.78, 5) is 11.2. The van der Waals surface area contributed by atoms with Crippen molar-refractivity contribution >= 4 is 37.0 Å². The first-order valence-electron chi connectivity index (χ1n) is 8.28. The second-order valence-electron chi connectivity index (χ2n) is 5.96. The van der Waals surface area contributed by atoms with Crippen molar-refractivity contribution < 1.29 is 27.7 Å². The molecule has 3 nitrogen and oxygen atoms in total. The van der Waals surface area contributed by atoms with Crippen molar-refractivity contribution in [1.82, 2.24) is 0 Å². The van der Waals surface area contributed by atoms with Gasteiger partial charge in [-0.05, 0) is 0 Å². The van der Waals surface area contributed by atoms with Crippen LogP contribution < -0.4 is 10.0 Å². The van der Waals surface area contributed by atoms with Gasteiger partial charge in [-0.3, -0.25) is 0 Å². The Kier molecular flexibility index (Phi) is 8.68. The Morgan fingerprint density at radius 3 is 2.42 bits per heavy atom. The van der Waals surface area contributed by atoms with Crippen molar-refractivity contribution in [2.24, 2.45) is 0 Å². The molecule has 1 atom stereocenters. The van der Waals surface area contributed by atoms with Gasteiger partial charge in [0, 0.05) is 0 Å². The topological polar surface area (TPSA) is 38.7 Å². The second-order valence-corrected chi connectivity index (χ2v) is 14.2. The Balaban J connectivity index is 2.39. The summed E-state index contributed by atoms with van der Waals surface area (Å²) in [5, 5.41) is 0.831. The second kappa shape index (κ2) is 10.3. The first-order valence-corrected chi connectivity index (χ1v) is 15.6. The summed E-state index contributed by atoms with van der Waals surface area (Å²) >= 11 is -2.00. The standard InChI is InChI=1S/C19H24O3P.2ClH.Ru/c1-5-21-23(20,18-9-7-6-8-10-18)14-17-11-12-19(16(4)13-17)22-15(2)3;;;/h4,6-13,15,20H,5,14H2,1-3H3;2*1H;/q+1;;;+2/p-2. The summed E-state index contributed by atoms with van der Waals surface area (Å²) in [6.45, 7) is 6.29. The SMILES string of the molecule is CCO[P+](O)(Cc1ccc(OC(C)C)c([CH]=[Ru]([Cl])[Cl])c1)c1ccccc1. The van der Waals surface area contributed by atoms with Crippen LogP contribution in [0.4, 0.5) is 0 Å². The van der Waals surface area contributed by atoms with Gasteiger partial charge in [0.25, 0.3) is 0 Å². The molecule has 0 spiro atoms. The van der Waals surface area contributed by atoms with Crippen molar-refractivity contribution in [3.8, 4) is 5.75 Å². The van der Waals surface area contributed by atoms with Gasteiger partial charge >= 0.3 is 170 Å².